The van der Waals surface area contributed by atoms with Crippen molar-refractivity contribution in [1.82, 2.24) is 20.3 Å². The number of amides is 1. The van der Waals surface area contributed by atoms with Gasteiger partial charge in [0.15, 0.2) is 5.82 Å². The molecule has 1 heterocycles. The Kier molecular flexibility index (Phi) is 5.56. The second kappa shape index (κ2) is 7.42. The van der Waals surface area contributed by atoms with Crippen LogP contribution in [-0.2, 0) is 27.8 Å². The van der Waals surface area contributed by atoms with Crippen LogP contribution in [0.1, 0.15) is 5.56 Å². The normalized spacial score (nSPS) is 11.2. The number of anilines is 1. The number of rotatable bonds is 7. The van der Waals surface area contributed by atoms with E-state index in [4.69, 9.17) is 11.6 Å². The van der Waals surface area contributed by atoms with Crippen molar-refractivity contribution in [2.75, 3.05) is 17.5 Å². The summed E-state index contributed by atoms with van der Waals surface area (Å²) >= 11 is 5.80. The molecular formula is C13H16ClN5O3S. The maximum absolute atomic E-state index is 11.8. The average molecular weight is 358 g/mol. The molecule has 0 aliphatic heterocycles. The molecule has 124 valence electrons. The lowest BCUT2D eigenvalue weighted by Crippen LogP contribution is -2.29. The van der Waals surface area contributed by atoms with Crippen molar-refractivity contribution in [1.29, 1.82) is 0 Å². The summed E-state index contributed by atoms with van der Waals surface area (Å²) in [5.41, 5.74) is 1.06. The van der Waals surface area contributed by atoms with Crippen molar-refractivity contribution in [2.24, 2.45) is 0 Å². The van der Waals surface area contributed by atoms with Crippen molar-refractivity contribution in [3.8, 4) is 0 Å². The summed E-state index contributed by atoms with van der Waals surface area (Å²) in [4.78, 5) is 11.8. The number of nitrogens with zero attached hydrogens (tertiary/aromatic N) is 3. The first kappa shape index (κ1) is 17.2. The van der Waals surface area contributed by atoms with Gasteiger partial charge in [-0.15, -0.1) is 5.10 Å². The fraction of sp³-hybridized carbons (Fsp3) is 0.308. The summed E-state index contributed by atoms with van der Waals surface area (Å²) in [6.07, 6.45) is 3.04. The van der Waals surface area contributed by atoms with Crippen LogP contribution >= 0.6 is 11.6 Å². The molecule has 1 aromatic heterocycles. The van der Waals surface area contributed by atoms with Crippen LogP contribution in [0.25, 0.3) is 0 Å². The molecular weight excluding hydrogens is 342 g/mol. The Balaban J connectivity index is 1.77. The maximum Gasteiger partial charge on any atom is 0.241 e. The molecule has 8 nitrogen and oxygen atoms in total. The van der Waals surface area contributed by atoms with Gasteiger partial charge in [0.1, 0.15) is 6.54 Å². The molecule has 0 radical (unpaired) electrons. The fourth-order valence-corrected chi connectivity index (χ4v) is 2.41. The van der Waals surface area contributed by atoms with Crippen molar-refractivity contribution < 1.29 is 13.2 Å². The quantitative estimate of drug-likeness (QED) is 0.757. The first-order valence-corrected chi connectivity index (χ1v) is 8.98. The third-order valence-electron chi connectivity index (χ3n) is 2.78. The molecule has 10 heteroatoms. The highest BCUT2D eigenvalue weighted by atomic mass is 35.5. The van der Waals surface area contributed by atoms with Gasteiger partial charge in [-0.3, -0.25) is 9.52 Å². The predicted octanol–water partition coefficient (Wildman–Crippen LogP) is 0.662. The molecule has 0 unspecified atom stereocenters. The fourth-order valence-electron chi connectivity index (χ4n) is 1.81. The van der Waals surface area contributed by atoms with E-state index in [2.05, 4.69) is 20.4 Å². The summed E-state index contributed by atoms with van der Waals surface area (Å²) in [5.74, 6) is -0.170. The van der Waals surface area contributed by atoms with Gasteiger partial charge in [0, 0.05) is 11.6 Å². The third kappa shape index (κ3) is 6.25. The van der Waals surface area contributed by atoms with E-state index in [1.54, 1.807) is 12.1 Å². The van der Waals surface area contributed by atoms with Gasteiger partial charge in [-0.05, 0) is 24.1 Å². The summed E-state index contributed by atoms with van der Waals surface area (Å²) in [6, 6.07) is 7.39. The highest BCUT2D eigenvalue weighted by Crippen LogP contribution is 2.09. The average Bonchev–Trinajstić information content (AvgIpc) is 2.86. The number of aromatic nitrogens is 3. The van der Waals surface area contributed by atoms with Crippen LogP contribution in [0, 0.1) is 0 Å². The molecule has 2 aromatic rings. The van der Waals surface area contributed by atoms with Crippen molar-refractivity contribution >= 4 is 33.3 Å². The molecule has 1 aromatic carbocycles. The minimum Gasteiger partial charge on any atom is -0.354 e. The Morgan fingerprint density at radius 3 is 2.65 bits per heavy atom. The van der Waals surface area contributed by atoms with E-state index in [-0.39, 0.29) is 18.3 Å². The Bertz CT molecular complexity index is 773. The number of carbonyl (C=O) groups excluding carboxylic acids is 1. The predicted molar refractivity (Wildman–Crippen MR) is 86.7 cm³/mol. The van der Waals surface area contributed by atoms with Gasteiger partial charge in [-0.2, -0.15) is 0 Å². The summed E-state index contributed by atoms with van der Waals surface area (Å²) in [7, 11) is -3.42. The highest BCUT2D eigenvalue weighted by Gasteiger charge is 2.08. The summed E-state index contributed by atoms with van der Waals surface area (Å²) < 4.78 is 25.5. The van der Waals surface area contributed by atoms with Gasteiger partial charge in [0.25, 0.3) is 0 Å². The maximum atomic E-state index is 11.8. The van der Waals surface area contributed by atoms with Crippen molar-refractivity contribution in [2.45, 2.75) is 13.0 Å². The first-order chi connectivity index (χ1) is 10.8. The molecule has 23 heavy (non-hydrogen) atoms. The largest absolute Gasteiger partial charge is 0.354 e. The second-order valence-corrected chi connectivity index (χ2v) is 7.09. The van der Waals surface area contributed by atoms with Crippen LogP contribution in [-0.4, -0.2) is 42.1 Å². The van der Waals surface area contributed by atoms with Crippen LogP contribution in [0.3, 0.4) is 0 Å². The van der Waals surface area contributed by atoms with Crippen LogP contribution in [0.15, 0.2) is 30.5 Å². The van der Waals surface area contributed by atoms with E-state index in [0.29, 0.717) is 18.0 Å². The summed E-state index contributed by atoms with van der Waals surface area (Å²) in [6.45, 7) is 0.433. The molecule has 0 atom stereocenters. The lowest BCUT2D eigenvalue weighted by atomic mass is 10.1. The van der Waals surface area contributed by atoms with Crippen molar-refractivity contribution in [3.05, 3.63) is 41.0 Å². The van der Waals surface area contributed by atoms with Gasteiger partial charge in [-0.1, -0.05) is 28.9 Å². The highest BCUT2D eigenvalue weighted by molar-refractivity contribution is 7.92. The molecule has 0 aliphatic carbocycles. The molecule has 1 amide bonds. The number of carbonyl (C=O) groups is 1. The topological polar surface area (TPSA) is 106 Å². The lowest BCUT2D eigenvalue weighted by molar-refractivity contribution is -0.121. The molecule has 2 N–H and O–H groups in total. The molecule has 0 spiro atoms. The first-order valence-electron chi connectivity index (χ1n) is 6.71. The number of benzene rings is 1. The standard InChI is InChI=1S/C13H16ClN5O3S/c1-23(21,22)17-12-8-19(18-16-12)9-13(20)15-7-6-10-2-4-11(14)5-3-10/h2-5,8,17H,6-7,9H2,1H3,(H,15,20). The van der Waals surface area contributed by atoms with E-state index in [1.807, 2.05) is 12.1 Å². The van der Waals surface area contributed by atoms with Gasteiger partial charge in [0.05, 0.1) is 12.5 Å². The number of hydrogen-bond acceptors (Lipinski definition) is 5. The van der Waals surface area contributed by atoms with E-state index in [9.17, 15) is 13.2 Å². The molecule has 0 aliphatic rings. The smallest absolute Gasteiger partial charge is 0.241 e. The molecule has 0 fully saturated rings. The Morgan fingerprint density at radius 1 is 1.30 bits per heavy atom. The number of hydrogen-bond donors (Lipinski definition) is 2. The molecule has 0 saturated heterocycles. The van der Waals surface area contributed by atoms with Gasteiger partial charge >= 0.3 is 0 Å². The van der Waals surface area contributed by atoms with Gasteiger partial charge in [0.2, 0.25) is 15.9 Å². The SMILES string of the molecule is CS(=O)(=O)Nc1cn(CC(=O)NCCc2ccc(Cl)cc2)nn1. The van der Waals surface area contributed by atoms with Crippen molar-refractivity contribution in [3.63, 3.8) is 0 Å². The number of halogens is 1. The zero-order valence-corrected chi connectivity index (χ0v) is 13.9. The lowest BCUT2D eigenvalue weighted by Gasteiger charge is -2.05. The van der Waals surface area contributed by atoms with Crippen LogP contribution in [0.5, 0.6) is 0 Å². The Labute approximate surface area is 138 Å². The minimum absolute atomic E-state index is 0.0426. The monoisotopic (exact) mass is 357 g/mol. The van der Waals surface area contributed by atoms with Crippen LogP contribution < -0.4 is 10.0 Å². The number of nitrogens with one attached hydrogen (secondary N) is 2. The van der Waals surface area contributed by atoms with E-state index in [1.165, 1.54) is 10.9 Å². The Morgan fingerprint density at radius 2 is 2.00 bits per heavy atom. The number of sulfonamides is 1. The molecule has 2 rings (SSSR count). The summed E-state index contributed by atoms with van der Waals surface area (Å²) in [5, 5.41) is 10.7. The van der Waals surface area contributed by atoms with E-state index >= 15 is 0 Å². The zero-order valence-electron chi connectivity index (χ0n) is 12.4. The Hall–Kier alpha value is -2.13. The van der Waals surface area contributed by atoms with Gasteiger partial charge in [-0.25, -0.2) is 13.1 Å². The molecule has 0 saturated carbocycles. The van der Waals surface area contributed by atoms with Crippen LogP contribution in [0.4, 0.5) is 5.82 Å². The van der Waals surface area contributed by atoms with E-state index < -0.39 is 10.0 Å². The second-order valence-electron chi connectivity index (χ2n) is 4.90. The van der Waals surface area contributed by atoms with Crippen LogP contribution in [0.2, 0.25) is 5.02 Å². The van der Waals surface area contributed by atoms with E-state index in [0.717, 1.165) is 11.8 Å². The third-order valence-corrected chi connectivity index (χ3v) is 3.62. The zero-order chi connectivity index (χ0) is 16.9. The van der Waals surface area contributed by atoms with Gasteiger partial charge < -0.3 is 5.32 Å². The minimum atomic E-state index is -3.42. The molecule has 0 bridgehead atoms.